The van der Waals surface area contributed by atoms with Gasteiger partial charge >= 0.3 is 6.09 Å². The lowest BCUT2D eigenvalue weighted by molar-refractivity contribution is 0.0290. The molecule has 0 aromatic heterocycles. The molecule has 1 amide bonds. The van der Waals surface area contributed by atoms with Gasteiger partial charge in [0, 0.05) is 29.6 Å². The van der Waals surface area contributed by atoms with Gasteiger partial charge in [0.15, 0.2) is 0 Å². The molecule has 122 valence electrons. The Hall–Kier alpha value is -1.07. The van der Waals surface area contributed by atoms with Gasteiger partial charge in [-0.1, -0.05) is 28.1 Å². The van der Waals surface area contributed by atoms with Crippen LogP contribution in [-0.4, -0.2) is 35.7 Å². The number of rotatable bonds is 3. The molecular formula is C17H25BrN2O2. The summed E-state index contributed by atoms with van der Waals surface area (Å²) in [6, 6.07) is 8.90. The van der Waals surface area contributed by atoms with Crippen molar-refractivity contribution in [1.82, 2.24) is 10.2 Å². The lowest BCUT2D eigenvalue weighted by atomic mass is 10.1. The van der Waals surface area contributed by atoms with E-state index in [1.807, 2.05) is 20.8 Å². The molecule has 0 spiro atoms. The standard InChI is InChI=1S/C17H25BrN2O2/c1-12(13-5-7-14(18)8-6-13)19-15-9-10-20(11-15)16(21)22-17(2,3)4/h5-8,12,15,19H,9-11H2,1-4H3. The molecule has 1 heterocycles. The first-order valence-electron chi connectivity index (χ1n) is 7.74. The number of nitrogens with one attached hydrogen (secondary N) is 1. The van der Waals surface area contributed by atoms with Crippen LogP contribution in [0.3, 0.4) is 0 Å². The third-order valence-electron chi connectivity index (χ3n) is 3.70. The lowest BCUT2D eigenvalue weighted by Crippen LogP contribution is -2.39. The fourth-order valence-corrected chi connectivity index (χ4v) is 2.85. The first-order chi connectivity index (χ1) is 10.2. The molecule has 1 N–H and O–H groups in total. The van der Waals surface area contributed by atoms with Gasteiger partial charge in [0.2, 0.25) is 0 Å². The molecule has 4 nitrogen and oxygen atoms in total. The van der Waals surface area contributed by atoms with Crippen LogP contribution in [0.2, 0.25) is 0 Å². The predicted molar refractivity (Wildman–Crippen MR) is 91.9 cm³/mol. The molecule has 1 aromatic carbocycles. The van der Waals surface area contributed by atoms with E-state index in [1.54, 1.807) is 4.90 Å². The Bertz CT molecular complexity index is 510. The molecular weight excluding hydrogens is 344 g/mol. The van der Waals surface area contributed by atoms with E-state index in [0.717, 1.165) is 17.4 Å². The van der Waals surface area contributed by atoms with Crippen LogP contribution < -0.4 is 5.32 Å². The third-order valence-corrected chi connectivity index (χ3v) is 4.22. The molecule has 0 aliphatic carbocycles. The number of nitrogens with zero attached hydrogens (tertiary/aromatic N) is 1. The molecule has 1 aliphatic heterocycles. The minimum Gasteiger partial charge on any atom is -0.444 e. The number of ether oxygens (including phenoxy) is 1. The maximum Gasteiger partial charge on any atom is 0.410 e. The average molecular weight is 369 g/mol. The van der Waals surface area contributed by atoms with Gasteiger partial charge in [0.1, 0.15) is 5.60 Å². The molecule has 0 bridgehead atoms. The van der Waals surface area contributed by atoms with E-state index in [2.05, 4.69) is 52.4 Å². The number of amides is 1. The fourth-order valence-electron chi connectivity index (χ4n) is 2.59. The van der Waals surface area contributed by atoms with E-state index in [4.69, 9.17) is 4.74 Å². The highest BCUT2D eigenvalue weighted by molar-refractivity contribution is 9.10. The molecule has 1 fully saturated rings. The second-order valence-corrected chi connectivity index (χ2v) is 7.77. The lowest BCUT2D eigenvalue weighted by Gasteiger charge is -2.25. The van der Waals surface area contributed by atoms with E-state index in [0.29, 0.717) is 12.6 Å². The predicted octanol–water partition coefficient (Wildman–Crippen LogP) is 4.11. The monoisotopic (exact) mass is 368 g/mol. The summed E-state index contributed by atoms with van der Waals surface area (Å²) >= 11 is 3.45. The van der Waals surface area contributed by atoms with E-state index >= 15 is 0 Å². The Kier molecular flexibility index (Phi) is 5.50. The zero-order chi connectivity index (χ0) is 16.3. The summed E-state index contributed by atoms with van der Waals surface area (Å²) in [4.78, 5) is 13.9. The molecule has 0 radical (unpaired) electrons. The first kappa shape index (κ1) is 17.3. The van der Waals surface area contributed by atoms with Gasteiger partial charge < -0.3 is 15.0 Å². The van der Waals surface area contributed by atoms with Crippen LogP contribution in [0.25, 0.3) is 0 Å². The highest BCUT2D eigenvalue weighted by Crippen LogP contribution is 2.20. The van der Waals surface area contributed by atoms with Crippen molar-refractivity contribution in [3.8, 4) is 0 Å². The number of carbonyl (C=O) groups is 1. The van der Waals surface area contributed by atoms with Crippen molar-refractivity contribution in [2.24, 2.45) is 0 Å². The van der Waals surface area contributed by atoms with E-state index in [9.17, 15) is 4.79 Å². The summed E-state index contributed by atoms with van der Waals surface area (Å²) in [7, 11) is 0. The SMILES string of the molecule is CC(NC1CCN(C(=O)OC(C)(C)C)C1)c1ccc(Br)cc1. The van der Waals surface area contributed by atoms with Crippen LogP contribution in [0.1, 0.15) is 45.7 Å². The Morgan fingerprint density at radius 1 is 1.36 bits per heavy atom. The average Bonchev–Trinajstić information content (AvgIpc) is 2.86. The number of halogens is 1. The third kappa shape index (κ3) is 4.99. The summed E-state index contributed by atoms with van der Waals surface area (Å²) in [5.74, 6) is 0. The van der Waals surface area contributed by atoms with Crippen molar-refractivity contribution in [1.29, 1.82) is 0 Å². The van der Waals surface area contributed by atoms with Crippen molar-refractivity contribution in [3.05, 3.63) is 34.3 Å². The van der Waals surface area contributed by atoms with Crippen molar-refractivity contribution in [2.45, 2.75) is 51.8 Å². The second kappa shape index (κ2) is 7.01. The summed E-state index contributed by atoms with van der Waals surface area (Å²) in [5, 5.41) is 3.60. The highest BCUT2D eigenvalue weighted by atomic mass is 79.9. The van der Waals surface area contributed by atoms with Gasteiger partial charge in [-0.3, -0.25) is 0 Å². The van der Waals surface area contributed by atoms with Crippen molar-refractivity contribution < 1.29 is 9.53 Å². The van der Waals surface area contributed by atoms with Crippen molar-refractivity contribution in [3.63, 3.8) is 0 Å². The number of benzene rings is 1. The minimum atomic E-state index is -0.437. The summed E-state index contributed by atoms with van der Waals surface area (Å²) in [5.41, 5.74) is 0.812. The molecule has 1 saturated heterocycles. The van der Waals surface area contributed by atoms with Crippen LogP contribution in [0.5, 0.6) is 0 Å². The van der Waals surface area contributed by atoms with Gasteiger partial charge in [-0.15, -0.1) is 0 Å². The molecule has 2 atom stereocenters. The molecule has 22 heavy (non-hydrogen) atoms. The molecule has 2 unspecified atom stereocenters. The fraction of sp³-hybridized carbons (Fsp3) is 0.588. The molecule has 1 aromatic rings. The number of carbonyl (C=O) groups excluding carboxylic acids is 1. The van der Waals surface area contributed by atoms with Crippen LogP contribution in [0.15, 0.2) is 28.7 Å². The first-order valence-corrected chi connectivity index (χ1v) is 8.53. The van der Waals surface area contributed by atoms with Crippen molar-refractivity contribution in [2.75, 3.05) is 13.1 Å². The number of hydrogen-bond acceptors (Lipinski definition) is 3. The van der Waals surface area contributed by atoms with Gasteiger partial charge in [-0.05, 0) is 51.8 Å². The van der Waals surface area contributed by atoms with Gasteiger partial charge in [-0.25, -0.2) is 4.79 Å². The molecule has 1 aliphatic rings. The van der Waals surface area contributed by atoms with E-state index in [1.165, 1.54) is 5.56 Å². The maximum absolute atomic E-state index is 12.1. The Balaban J connectivity index is 1.85. The smallest absolute Gasteiger partial charge is 0.410 e. The summed E-state index contributed by atoms with van der Waals surface area (Å²) in [6.07, 6.45) is 0.744. The number of hydrogen-bond donors (Lipinski definition) is 1. The topological polar surface area (TPSA) is 41.6 Å². The normalized spacial score (nSPS) is 20.0. The summed E-state index contributed by atoms with van der Waals surface area (Å²) in [6.45, 7) is 9.29. The Labute approximate surface area is 141 Å². The minimum absolute atomic E-state index is 0.215. The van der Waals surface area contributed by atoms with Gasteiger partial charge in [0.25, 0.3) is 0 Å². The molecule has 0 saturated carbocycles. The molecule has 5 heteroatoms. The van der Waals surface area contributed by atoms with Crippen LogP contribution >= 0.6 is 15.9 Å². The highest BCUT2D eigenvalue weighted by Gasteiger charge is 2.30. The van der Waals surface area contributed by atoms with Crippen LogP contribution in [0.4, 0.5) is 4.79 Å². The largest absolute Gasteiger partial charge is 0.444 e. The van der Waals surface area contributed by atoms with Gasteiger partial charge in [-0.2, -0.15) is 0 Å². The number of likely N-dealkylation sites (tertiary alicyclic amines) is 1. The maximum atomic E-state index is 12.1. The summed E-state index contributed by atoms with van der Waals surface area (Å²) < 4.78 is 6.51. The Morgan fingerprint density at radius 2 is 2.00 bits per heavy atom. The van der Waals surface area contributed by atoms with E-state index < -0.39 is 5.60 Å². The second-order valence-electron chi connectivity index (χ2n) is 6.85. The zero-order valence-corrected chi connectivity index (χ0v) is 15.3. The molecule has 2 rings (SSSR count). The van der Waals surface area contributed by atoms with Crippen LogP contribution in [-0.2, 0) is 4.74 Å². The zero-order valence-electron chi connectivity index (χ0n) is 13.7. The van der Waals surface area contributed by atoms with Crippen LogP contribution in [0, 0.1) is 0 Å². The van der Waals surface area contributed by atoms with Gasteiger partial charge in [0.05, 0.1) is 0 Å². The van der Waals surface area contributed by atoms with Crippen molar-refractivity contribution >= 4 is 22.0 Å². The Morgan fingerprint density at radius 3 is 2.59 bits per heavy atom. The van der Waals surface area contributed by atoms with E-state index in [-0.39, 0.29) is 12.1 Å². The quantitative estimate of drug-likeness (QED) is 0.872.